The molecule has 0 saturated heterocycles. The average molecular weight is 297 g/mol. The van der Waals surface area contributed by atoms with Crippen molar-refractivity contribution >= 4 is 23.4 Å². The first-order valence-corrected chi connectivity index (χ1v) is 7.44. The maximum absolute atomic E-state index is 11.9. The predicted octanol–water partition coefficient (Wildman–Crippen LogP) is 4.24. The third-order valence-corrected chi connectivity index (χ3v) is 3.57. The van der Waals surface area contributed by atoms with E-state index in [2.05, 4.69) is 6.92 Å². The molecule has 3 nitrogen and oxygen atoms in total. The molecule has 1 rings (SSSR count). The molecule has 0 radical (unpaired) electrons. The molecule has 0 spiro atoms. The normalized spacial score (nSPS) is 20.9. The monoisotopic (exact) mass is 296 g/mol. The summed E-state index contributed by atoms with van der Waals surface area (Å²) in [5.74, 6) is -0.736. The Balaban J connectivity index is 2.53. The van der Waals surface area contributed by atoms with Crippen LogP contribution in [0.4, 0.5) is 0 Å². The van der Waals surface area contributed by atoms with Crippen LogP contribution >= 0.6 is 11.6 Å². The van der Waals surface area contributed by atoms with Crippen LogP contribution in [0.3, 0.4) is 0 Å². The van der Waals surface area contributed by atoms with Gasteiger partial charge in [0.1, 0.15) is 0 Å². The second kappa shape index (κ2) is 8.75. The molecule has 1 atom stereocenters. The number of carbonyl (C=O) groups is 2. The molecule has 0 fully saturated rings. The van der Waals surface area contributed by atoms with E-state index < -0.39 is 5.97 Å². The summed E-state index contributed by atoms with van der Waals surface area (Å²) < 4.78 is 0. The summed E-state index contributed by atoms with van der Waals surface area (Å²) in [6.07, 6.45) is 12.0. The molecule has 0 amide bonds. The van der Waals surface area contributed by atoms with E-state index in [9.17, 15) is 9.59 Å². The number of ketones is 1. The summed E-state index contributed by atoms with van der Waals surface area (Å²) in [5.41, 5.74) is 0.748. The van der Waals surface area contributed by atoms with E-state index in [0.29, 0.717) is 17.9 Å². The Morgan fingerprint density at radius 3 is 2.85 bits per heavy atom. The molecule has 0 bridgehead atoms. The Bertz CT molecular complexity index is 447. The fourth-order valence-electron chi connectivity index (χ4n) is 2.15. The Morgan fingerprint density at radius 2 is 2.20 bits per heavy atom. The number of hydrogen-bond donors (Lipinski definition) is 1. The Hall–Kier alpha value is -1.35. The zero-order chi connectivity index (χ0) is 15.0. The zero-order valence-corrected chi connectivity index (χ0v) is 12.5. The number of hydrogen-bond acceptors (Lipinski definition) is 2. The molecule has 0 heterocycles. The lowest BCUT2D eigenvalue weighted by atomic mass is 9.95. The summed E-state index contributed by atoms with van der Waals surface area (Å²) in [5, 5.41) is 8.84. The number of carboxylic acid groups (broad SMARTS) is 1. The van der Waals surface area contributed by atoms with Crippen molar-refractivity contribution in [3.8, 4) is 0 Å². The first-order chi connectivity index (χ1) is 9.56. The van der Waals surface area contributed by atoms with Crippen molar-refractivity contribution in [1.82, 2.24) is 0 Å². The van der Waals surface area contributed by atoms with Gasteiger partial charge in [0.2, 0.25) is 5.78 Å². The number of unbranched alkanes of at least 4 members (excludes halogenated alkanes) is 2. The van der Waals surface area contributed by atoms with Crippen LogP contribution in [0.1, 0.15) is 45.4 Å². The van der Waals surface area contributed by atoms with Crippen LogP contribution in [0.25, 0.3) is 0 Å². The van der Waals surface area contributed by atoms with Crippen molar-refractivity contribution in [3.63, 3.8) is 0 Å². The summed E-state index contributed by atoms with van der Waals surface area (Å²) in [7, 11) is 0. The molecule has 1 N–H and O–H groups in total. The standard InChI is InChI=1S/C16H21ClO3/c1-2-3-8-12-11-14(17)16(20)13(12)9-6-4-5-7-10-15(18)19/h4,6,9,11-12H,2-3,5,7-8,10H2,1H3,(H,18,19)/b6-4+,13-9-. The highest BCUT2D eigenvalue weighted by atomic mass is 35.5. The second-order valence-electron chi connectivity index (χ2n) is 4.93. The lowest BCUT2D eigenvalue weighted by Crippen LogP contribution is -2.03. The highest BCUT2D eigenvalue weighted by Crippen LogP contribution is 2.32. The number of carbonyl (C=O) groups excluding carboxylic acids is 1. The molecule has 0 aromatic rings. The van der Waals surface area contributed by atoms with E-state index in [1.54, 1.807) is 0 Å². The SMILES string of the molecule is CCCCC1C=C(Cl)C(=O)/C1=C\C=C\CCCC(=O)O. The molecule has 1 aliphatic carbocycles. The molecular formula is C16H21ClO3. The van der Waals surface area contributed by atoms with Gasteiger partial charge < -0.3 is 5.11 Å². The molecule has 1 aliphatic rings. The fourth-order valence-corrected chi connectivity index (χ4v) is 2.41. The van der Waals surface area contributed by atoms with Gasteiger partial charge in [-0.05, 0) is 19.3 Å². The minimum absolute atomic E-state index is 0.0806. The molecule has 110 valence electrons. The fraction of sp³-hybridized carbons (Fsp3) is 0.500. The van der Waals surface area contributed by atoms with Crippen LogP contribution in [0, 0.1) is 5.92 Å². The maximum atomic E-state index is 11.9. The number of rotatable bonds is 8. The number of carboxylic acids is 1. The number of aliphatic carboxylic acids is 1. The molecule has 0 aromatic carbocycles. The molecular weight excluding hydrogens is 276 g/mol. The average Bonchev–Trinajstić information content (AvgIpc) is 2.67. The van der Waals surface area contributed by atoms with Crippen LogP contribution in [0.5, 0.6) is 0 Å². The first-order valence-electron chi connectivity index (χ1n) is 7.06. The first kappa shape index (κ1) is 16.7. The van der Waals surface area contributed by atoms with Gasteiger partial charge in [-0.15, -0.1) is 0 Å². The molecule has 4 heteroatoms. The number of halogens is 1. The lowest BCUT2D eigenvalue weighted by molar-refractivity contribution is -0.137. The number of allylic oxidation sites excluding steroid dienone is 6. The topological polar surface area (TPSA) is 54.4 Å². The van der Waals surface area contributed by atoms with Crippen molar-refractivity contribution in [2.75, 3.05) is 0 Å². The van der Waals surface area contributed by atoms with Crippen molar-refractivity contribution in [2.45, 2.75) is 45.4 Å². The quantitative estimate of drug-likeness (QED) is 0.538. The third kappa shape index (κ3) is 5.33. The molecule has 1 unspecified atom stereocenters. The minimum Gasteiger partial charge on any atom is -0.481 e. The van der Waals surface area contributed by atoms with Crippen molar-refractivity contribution in [1.29, 1.82) is 0 Å². The van der Waals surface area contributed by atoms with Gasteiger partial charge >= 0.3 is 5.97 Å². The minimum atomic E-state index is -0.779. The van der Waals surface area contributed by atoms with E-state index in [4.69, 9.17) is 16.7 Å². The van der Waals surface area contributed by atoms with Crippen LogP contribution in [-0.4, -0.2) is 16.9 Å². The van der Waals surface area contributed by atoms with Gasteiger partial charge in [-0.1, -0.05) is 55.7 Å². The van der Waals surface area contributed by atoms with Gasteiger partial charge in [0.25, 0.3) is 0 Å². The predicted molar refractivity (Wildman–Crippen MR) is 80.7 cm³/mol. The molecule has 0 aliphatic heterocycles. The maximum Gasteiger partial charge on any atom is 0.303 e. The third-order valence-electron chi connectivity index (χ3n) is 3.27. The van der Waals surface area contributed by atoms with Gasteiger partial charge in [0, 0.05) is 17.9 Å². The molecule has 20 heavy (non-hydrogen) atoms. The Morgan fingerprint density at radius 1 is 1.45 bits per heavy atom. The lowest BCUT2D eigenvalue weighted by Gasteiger charge is -2.07. The second-order valence-corrected chi connectivity index (χ2v) is 5.34. The van der Waals surface area contributed by atoms with Gasteiger partial charge in [0.05, 0.1) is 5.03 Å². The summed E-state index contributed by atoms with van der Waals surface area (Å²) >= 11 is 5.91. The van der Waals surface area contributed by atoms with E-state index in [-0.39, 0.29) is 18.1 Å². The van der Waals surface area contributed by atoms with E-state index in [1.165, 1.54) is 0 Å². The van der Waals surface area contributed by atoms with Crippen molar-refractivity contribution < 1.29 is 14.7 Å². The highest BCUT2D eigenvalue weighted by Gasteiger charge is 2.27. The summed E-state index contributed by atoms with van der Waals surface area (Å²) in [6, 6.07) is 0. The molecule has 0 saturated carbocycles. The van der Waals surface area contributed by atoms with Crippen molar-refractivity contribution in [2.24, 2.45) is 5.92 Å². The smallest absolute Gasteiger partial charge is 0.303 e. The van der Waals surface area contributed by atoms with Gasteiger partial charge in [-0.25, -0.2) is 0 Å². The zero-order valence-electron chi connectivity index (χ0n) is 11.8. The van der Waals surface area contributed by atoms with Gasteiger partial charge in [-0.3, -0.25) is 9.59 Å². The van der Waals surface area contributed by atoms with Gasteiger partial charge in [0.15, 0.2) is 0 Å². The van der Waals surface area contributed by atoms with E-state index >= 15 is 0 Å². The van der Waals surface area contributed by atoms with E-state index in [0.717, 1.165) is 24.8 Å². The van der Waals surface area contributed by atoms with Crippen LogP contribution in [-0.2, 0) is 9.59 Å². The highest BCUT2D eigenvalue weighted by molar-refractivity contribution is 6.46. The largest absolute Gasteiger partial charge is 0.481 e. The Labute approximate surface area is 125 Å². The van der Waals surface area contributed by atoms with Gasteiger partial charge in [-0.2, -0.15) is 0 Å². The van der Waals surface area contributed by atoms with E-state index in [1.807, 2.05) is 24.3 Å². The van der Waals surface area contributed by atoms with Crippen LogP contribution < -0.4 is 0 Å². The summed E-state index contributed by atoms with van der Waals surface area (Å²) in [6.45, 7) is 2.12. The number of Topliss-reactive ketones (excluding diaryl/α,β-unsaturated/α-hetero) is 1. The summed E-state index contributed by atoms with van der Waals surface area (Å²) in [4.78, 5) is 22.3. The Kier molecular flexibility index (Phi) is 7.31. The molecule has 0 aromatic heterocycles. The van der Waals surface area contributed by atoms with Crippen LogP contribution in [0.2, 0.25) is 0 Å². The van der Waals surface area contributed by atoms with Crippen LogP contribution in [0.15, 0.2) is 34.9 Å². The van der Waals surface area contributed by atoms with Crippen molar-refractivity contribution in [3.05, 3.63) is 34.9 Å².